The number of esters is 1. The Morgan fingerprint density at radius 1 is 1.08 bits per heavy atom. The molecule has 0 saturated carbocycles. The summed E-state index contributed by atoms with van der Waals surface area (Å²) in [6, 6.07) is -0.221. The third kappa shape index (κ3) is 9.30. The van der Waals surface area contributed by atoms with Crippen LogP contribution in [0, 0.1) is 17.0 Å². The van der Waals surface area contributed by atoms with Gasteiger partial charge in [-0.1, -0.05) is 19.4 Å². The van der Waals surface area contributed by atoms with Crippen molar-refractivity contribution in [1.82, 2.24) is 4.90 Å². The summed E-state index contributed by atoms with van der Waals surface area (Å²) in [4.78, 5) is 37.0. The summed E-state index contributed by atoms with van der Waals surface area (Å²) in [5, 5.41) is 9.05. The first-order valence-corrected chi connectivity index (χ1v) is 12.3. The van der Waals surface area contributed by atoms with Gasteiger partial charge in [0.15, 0.2) is 0 Å². The molecule has 0 aromatic heterocycles. The fourth-order valence-corrected chi connectivity index (χ4v) is 3.76. The molecule has 1 heterocycles. The largest absolute Gasteiger partial charge is 0.511 e. The number of fused-ring (bicyclic) bond motifs is 1. The molecule has 0 fully saturated rings. The predicted molar refractivity (Wildman–Crippen MR) is 115 cm³/mol. The number of carbonyl (C=O) groups excluding carboxylic acids is 2. The van der Waals surface area contributed by atoms with Gasteiger partial charge >= 0.3 is 28.5 Å². The van der Waals surface area contributed by atoms with Crippen molar-refractivity contribution in [3.63, 3.8) is 0 Å². The molecule has 1 atom stereocenters. The molecule has 0 N–H and O–H groups in total. The van der Waals surface area contributed by atoms with E-state index in [0.717, 1.165) is 6.92 Å². The third-order valence-corrected chi connectivity index (χ3v) is 5.94. The second-order valence-corrected chi connectivity index (χ2v) is 10.3. The molecule has 2 rings (SSSR count). The van der Waals surface area contributed by atoms with Gasteiger partial charge in [0.2, 0.25) is 12.9 Å². The number of alkyl halides is 3. The molecule has 20 heteroatoms. The van der Waals surface area contributed by atoms with Crippen molar-refractivity contribution in [2.24, 2.45) is 0 Å². The van der Waals surface area contributed by atoms with Crippen LogP contribution >= 0.6 is 10.2 Å². The highest BCUT2D eigenvalue weighted by atomic mass is 32.5. The number of ether oxygens (including phenoxy) is 4. The Hall–Kier alpha value is -3.55. The topological polar surface area (TPSA) is 127 Å². The Morgan fingerprint density at radius 2 is 1.69 bits per heavy atom. The first-order chi connectivity index (χ1) is 17.6. The summed E-state index contributed by atoms with van der Waals surface area (Å²) in [7, 11) is -8.75. The first-order valence-electron chi connectivity index (χ1n) is 10.3. The number of hydrogen-bond donors (Lipinski definition) is 0. The molecule has 0 spiro atoms. The van der Waals surface area contributed by atoms with Crippen molar-refractivity contribution < 1.29 is 71.1 Å². The number of likely N-dealkylation sites (N-methyl/N-ethyl adjacent to an activating group) is 1. The SMILES string of the molecule is Cc1cc(S(F)(F)(F)(F)F)cc2c1OC(C(F)(F)F)C(C(=O)OCOC(=O)OCCN(C)CCO[N+](=O)[O-])=C2. The molecule has 0 aliphatic carbocycles. The van der Waals surface area contributed by atoms with E-state index < -0.39 is 73.9 Å². The molecule has 1 aliphatic heterocycles. The van der Waals surface area contributed by atoms with Crippen LogP contribution in [0.25, 0.3) is 6.08 Å². The van der Waals surface area contributed by atoms with Gasteiger partial charge in [-0.15, -0.1) is 10.1 Å². The zero-order chi connectivity index (χ0) is 29.9. The Morgan fingerprint density at radius 3 is 2.26 bits per heavy atom. The number of halogens is 8. The number of nitrogens with zero attached hydrogens (tertiary/aromatic N) is 2. The van der Waals surface area contributed by atoms with Crippen LogP contribution < -0.4 is 4.74 Å². The molecule has 1 aromatic carbocycles. The molecule has 39 heavy (non-hydrogen) atoms. The Labute approximate surface area is 214 Å². The summed E-state index contributed by atoms with van der Waals surface area (Å²) in [5.41, 5.74) is -2.99. The van der Waals surface area contributed by atoms with Gasteiger partial charge in [0.05, 0.1) is 5.57 Å². The molecular weight excluding hydrogens is 584 g/mol. The van der Waals surface area contributed by atoms with Gasteiger partial charge in [-0.3, -0.25) is 0 Å². The zero-order valence-corrected chi connectivity index (χ0v) is 20.7. The van der Waals surface area contributed by atoms with Crippen molar-refractivity contribution in [2.75, 3.05) is 40.1 Å². The highest BCUT2D eigenvalue weighted by Crippen LogP contribution is 3.02. The van der Waals surface area contributed by atoms with Crippen LogP contribution in [0.1, 0.15) is 11.1 Å². The molecule has 1 unspecified atom stereocenters. The highest BCUT2D eigenvalue weighted by Gasteiger charge is 2.65. The van der Waals surface area contributed by atoms with E-state index in [1.165, 1.54) is 11.9 Å². The monoisotopic (exact) mass is 604 g/mol. The van der Waals surface area contributed by atoms with Gasteiger partial charge in [-0.05, 0) is 37.7 Å². The summed E-state index contributed by atoms with van der Waals surface area (Å²) < 4.78 is 125. The third-order valence-electron chi connectivity index (χ3n) is 4.81. The number of aryl methyl sites for hydroxylation is 1. The fourth-order valence-electron chi connectivity index (χ4n) is 3.02. The van der Waals surface area contributed by atoms with Gasteiger partial charge in [-0.25, -0.2) is 9.59 Å². The average Bonchev–Trinajstić information content (AvgIpc) is 2.75. The number of carbonyl (C=O) groups is 2. The molecule has 0 amide bonds. The van der Waals surface area contributed by atoms with Crippen LogP contribution in [0.4, 0.5) is 37.4 Å². The quantitative estimate of drug-likeness (QED) is 0.110. The molecule has 11 nitrogen and oxygen atoms in total. The van der Waals surface area contributed by atoms with Crippen LogP contribution in [0.2, 0.25) is 0 Å². The minimum Gasteiger partial charge on any atom is -0.475 e. The van der Waals surface area contributed by atoms with Crippen LogP contribution in [0.3, 0.4) is 0 Å². The Bertz CT molecular complexity index is 1160. The number of hydrogen-bond acceptors (Lipinski definition) is 10. The highest BCUT2D eigenvalue weighted by molar-refractivity contribution is 8.45. The summed E-state index contributed by atoms with van der Waals surface area (Å²) in [6.07, 6.45) is -9.50. The summed E-state index contributed by atoms with van der Waals surface area (Å²) in [5.74, 6) is -2.65. The average molecular weight is 604 g/mol. The van der Waals surface area contributed by atoms with Gasteiger partial charge in [0, 0.05) is 18.7 Å². The van der Waals surface area contributed by atoms with E-state index in [-0.39, 0.29) is 44.5 Å². The summed E-state index contributed by atoms with van der Waals surface area (Å²) in [6.45, 7) is -0.930. The van der Waals surface area contributed by atoms with E-state index >= 15 is 0 Å². The van der Waals surface area contributed by atoms with Crippen LogP contribution in [-0.4, -0.2) is 74.5 Å². The van der Waals surface area contributed by atoms with Crippen LogP contribution in [0.15, 0.2) is 22.6 Å². The number of rotatable bonds is 11. The maximum atomic E-state index is 13.5. The van der Waals surface area contributed by atoms with Gasteiger partial charge in [0.25, 0.3) is 5.09 Å². The second kappa shape index (κ2) is 10.5. The van der Waals surface area contributed by atoms with Gasteiger partial charge < -0.3 is 28.7 Å². The summed E-state index contributed by atoms with van der Waals surface area (Å²) >= 11 is 0. The second-order valence-electron chi connectivity index (χ2n) is 7.92. The predicted octanol–water partition coefficient (Wildman–Crippen LogP) is 5.15. The lowest BCUT2D eigenvalue weighted by atomic mass is 9.99. The standard InChI is InChI=1S/C19H20F8N2O9S/c1-11-7-13(39(23,24,25,26)27)8-12-9-14(16(19(20,21)22)38-15(11)12)17(30)35-10-36-18(31)34-5-3-28(2)4-6-37-29(32)33/h7-9,16H,3-6,10H2,1-2H3. The lowest BCUT2D eigenvalue weighted by molar-refractivity contribution is -0.757. The molecule has 1 aliphatic rings. The Kier molecular flexibility index (Phi) is 8.56. The van der Waals surface area contributed by atoms with E-state index in [9.17, 15) is 52.3 Å². The van der Waals surface area contributed by atoms with Crippen LogP contribution in [0.5, 0.6) is 5.75 Å². The van der Waals surface area contributed by atoms with Crippen molar-refractivity contribution >= 4 is 28.4 Å². The normalized spacial score (nSPS) is 17.1. The lowest BCUT2D eigenvalue weighted by Crippen LogP contribution is -2.41. The smallest absolute Gasteiger partial charge is 0.475 e. The van der Waals surface area contributed by atoms with Crippen molar-refractivity contribution in [2.45, 2.75) is 24.1 Å². The molecule has 0 saturated heterocycles. The molecular formula is C19H20F8N2O9S. The van der Waals surface area contributed by atoms with Gasteiger partial charge in [-0.2, -0.15) is 13.2 Å². The zero-order valence-electron chi connectivity index (χ0n) is 19.8. The molecule has 0 bridgehead atoms. The first kappa shape index (κ1) is 31.7. The van der Waals surface area contributed by atoms with E-state index in [4.69, 9.17) is 0 Å². The molecule has 1 aromatic rings. The Balaban J connectivity index is 2.07. The minimum atomic E-state index is -10.2. The van der Waals surface area contributed by atoms with Crippen molar-refractivity contribution in [3.8, 4) is 5.75 Å². The van der Waals surface area contributed by atoms with E-state index in [1.54, 1.807) is 0 Å². The van der Waals surface area contributed by atoms with Gasteiger partial charge in [0.1, 0.15) is 23.9 Å². The molecule has 0 radical (unpaired) electrons. The lowest BCUT2D eigenvalue weighted by Gasteiger charge is -2.41. The van der Waals surface area contributed by atoms with E-state index in [0.29, 0.717) is 0 Å². The minimum absolute atomic E-state index is 0.0488. The number of benzene rings is 1. The van der Waals surface area contributed by atoms with Crippen molar-refractivity contribution in [1.29, 1.82) is 0 Å². The van der Waals surface area contributed by atoms with Crippen LogP contribution in [-0.2, 0) is 23.8 Å². The molecule has 222 valence electrons. The van der Waals surface area contributed by atoms with E-state index in [1.807, 2.05) is 0 Å². The maximum absolute atomic E-state index is 13.5. The maximum Gasteiger partial charge on any atom is 0.511 e. The van der Waals surface area contributed by atoms with Crippen molar-refractivity contribution in [3.05, 3.63) is 38.9 Å². The van der Waals surface area contributed by atoms with E-state index in [2.05, 4.69) is 23.8 Å². The fraction of sp³-hybridized carbons (Fsp3) is 0.474.